The van der Waals surface area contributed by atoms with Crippen molar-refractivity contribution in [1.29, 1.82) is 0 Å². The van der Waals surface area contributed by atoms with Crippen LogP contribution in [-0.4, -0.2) is 18.7 Å². The summed E-state index contributed by atoms with van der Waals surface area (Å²) >= 11 is 6.13. The molecule has 1 atom stereocenters. The molecule has 28 heavy (non-hydrogen) atoms. The Morgan fingerprint density at radius 1 is 1.07 bits per heavy atom. The van der Waals surface area contributed by atoms with Crippen LogP contribution in [0.25, 0.3) is 16.9 Å². The molecule has 0 aliphatic carbocycles. The third-order valence-electron chi connectivity index (χ3n) is 4.94. The van der Waals surface area contributed by atoms with Crippen LogP contribution in [0.15, 0.2) is 70.5 Å². The molecule has 0 fully saturated rings. The van der Waals surface area contributed by atoms with Gasteiger partial charge in [0.2, 0.25) is 0 Å². The number of benzene rings is 2. The van der Waals surface area contributed by atoms with Crippen LogP contribution in [-0.2, 0) is 6.54 Å². The maximum absolute atomic E-state index is 13.1. The minimum absolute atomic E-state index is 0.116. The molecule has 0 spiro atoms. The Morgan fingerprint density at radius 3 is 2.50 bits per heavy atom. The summed E-state index contributed by atoms with van der Waals surface area (Å²) in [6.45, 7) is 4.04. The predicted molar refractivity (Wildman–Crippen MR) is 111 cm³/mol. The van der Waals surface area contributed by atoms with E-state index in [1.807, 2.05) is 41.8 Å². The highest BCUT2D eigenvalue weighted by Gasteiger charge is 2.21. The van der Waals surface area contributed by atoms with Crippen molar-refractivity contribution < 1.29 is 0 Å². The predicted octanol–water partition coefficient (Wildman–Crippen LogP) is 3.63. The van der Waals surface area contributed by atoms with Crippen molar-refractivity contribution in [3.63, 3.8) is 0 Å². The summed E-state index contributed by atoms with van der Waals surface area (Å²) in [6, 6.07) is 16.7. The van der Waals surface area contributed by atoms with Gasteiger partial charge in [0.25, 0.3) is 5.56 Å². The standard InChI is InChI=1S/C21H19ClN4O2/c1-3-24-20(27)18-19(26(21(24)28)17-11-7-10-16(22)12-17)23-13-25(18)14(2)15-8-5-4-6-9-15/h4-14H,3H2,1-2H3. The van der Waals surface area contributed by atoms with Crippen LogP contribution in [0.5, 0.6) is 0 Å². The molecule has 142 valence electrons. The first-order chi connectivity index (χ1) is 13.5. The Bertz CT molecular complexity index is 1270. The Hall–Kier alpha value is -3.12. The van der Waals surface area contributed by atoms with Crippen molar-refractivity contribution in [2.75, 3.05) is 0 Å². The van der Waals surface area contributed by atoms with Crippen LogP contribution in [0, 0.1) is 0 Å². The Kier molecular flexibility index (Phi) is 4.65. The van der Waals surface area contributed by atoms with Gasteiger partial charge in [-0.3, -0.25) is 9.36 Å². The summed E-state index contributed by atoms with van der Waals surface area (Å²) in [4.78, 5) is 30.6. The van der Waals surface area contributed by atoms with Gasteiger partial charge in [-0.2, -0.15) is 0 Å². The minimum Gasteiger partial charge on any atom is -0.317 e. The van der Waals surface area contributed by atoms with Crippen molar-refractivity contribution in [2.24, 2.45) is 0 Å². The Morgan fingerprint density at radius 2 is 1.82 bits per heavy atom. The highest BCUT2D eigenvalue weighted by molar-refractivity contribution is 6.30. The van der Waals surface area contributed by atoms with Gasteiger partial charge in [-0.05, 0) is 37.6 Å². The SMILES string of the molecule is CCn1c(=O)c2c(ncn2C(C)c2ccccc2)n(-c2cccc(Cl)c2)c1=O. The third-order valence-corrected chi connectivity index (χ3v) is 5.17. The van der Waals surface area contributed by atoms with E-state index in [0.717, 1.165) is 5.56 Å². The lowest BCUT2D eigenvalue weighted by Crippen LogP contribution is -2.39. The zero-order valence-corrected chi connectivity index (χ0v) is 16.3. The van der Waals surface area contributed by atoms with Gasteiger partial charge in [0.1, 0.15) is 0 Å². The molecule has 0 saturated carbocycles. The van der Waals surface area contributed by atoms with Crippen molar-refractivity contribution >= 4 is 22.8 Å². The molecule has 6 nitrogen and oxygen atoms in total. The second-order valence-electron chi connectivity index (χ2n) is 6.56. The lowest BCUT2D eigenvalue weighted by atomic mass is 10.1. The molecular weight excluding hydrogens is 376 g/mol. The normalized spacial score (nSPS) is 12.4. The molecular formula is C21H19ClN4O2. The maximum Gasteiger partial charge on any atom is 0.337 e. The van der Waals surface area contributed by atoms with Crippen molar-refractivity contribution in [1.82, 2.24) is 18.7 Å². The van der Waals surface area contributed by atoms with Gasteiger partial charge in [0.05, 0.1) is 18.1 Å². The van der Waals surface area contributed by atoms with Crippen LogP contribution < -0.4 is 11.2 Å². The van der Waals surface area contributed by atoms with Gasteiger partial charge in [-0.15, -0.1) is 0 Å². The zero-order valence-electron chi connectivity index (χ0n) is 15.5. The molecule has 4 aromatic rings. The lowest BCUT2D eigenvalue weighted by Gasteiger charge is -2.16. The molecule has 0 N–H and O–H groups in total. The van der Waals surface area contributed by atoms with Gasteiger partial charge in [0, 0.05) is 11.6 Å². The van der Waals surface area contributed by atoms with E-state index in [4.69, 9.17) is 11.6 Å². The molecule has 0 aliphatic rings. The average Bonchev–Trinajstić information content (AvgIpc) is 3.13. The highest BCUT2D eigenvalue weighted by atomic mass is 35.5. The zero-order chi connectivity index (χ0) is 19.8. The van der Waals surface area contributed by atoms with E-state index in [1.54, 1.807) is 37.5 Å². The number of halogens is 1. The van der Waals surface area contributed by atoms with Gasteiger partial charge in [0.15, 0.2) is 11.2 Å². The lowest BCUT2D eigenvalue weighted by molar-refractivity contribution is 0.631. The Balaban J connectivity index is 2.06. The second-order valence-corrected chi connectivity index (χ2v) is 6.99. The first kappa shape index (κ1) is 18.3. The molecule has 1 unspecified atom stereocenters. The first-order valence-electron chi connectivity index (χ1n) is 9.06. The number of rotatable bonds is 4. The summed E-state index contributed by atoms with van der Waals surface area (Å²) in [5, 5.41) is 0.504. The van der Waals surface area contributed by atoms with Crippen LogP contribution in [0.1, 0.15) is 25.5 Å². The molecule has 2 heterocycles. The largest absolute Gasteiger partial charge is 0.337 e. The first-order valence-corrected chi connectivity index (χ1v) is 9.44. The van der Waals surface area contributed by atoms with E-state index >= 15 is 0 Å². The number of aromatic nitrogens is 4. The topological polar surface area (TPSA) is 61.8 Å². The molecule has 0 bridgehead atoms. The quantitative estimate of drug-likeness (QED) is 0.531. The van der Waals surface area contributed by atoms with E-state index in [1.165, 1.54) is 9.13 Å². The molecule has 0 amide bonds. The molecule has 4 rings (SSSR count). The number of nitrogens with zero attached hydrogens (tertiary/aromatic N) is 4. The van der Waals surface area contributed by atoms with Crippen LogP contribution in [0.4, 0.5) is 0 Å². The molecule has 0 saturated heterocycles. The fraction of sp³-hybridized carbons (Fsp3) is 0.190. The maximum atomic E-state index is 13.1. The van der Waals surface area contributed by atoms with Crippen molar-refractivity contribution in [3.05, 3.63) is 92.3 Å². The van der Waals surface area contributed by atoms with Gasteiger partial charge >= 0.3 is 5.69 Å². The van der Waals surface area contributed by atoms with E-state index in [2.05, 4.69) is 4.98 Å². The van der Waals surface area contributed by atoms with Crippen LogP contribution >= 0.6 is 11.6 Å². The number of hydrogen-bond acceptors (Lipinski definition) is 3. The number of fused-ring (bicyclic) bond motifs is 1. The van der Waals surface area contributed by atoms with E-state index in [-0.39, 0.29) is 18.1 Å². The third kappa shape index (κ3) is 2.86. The van der Waals surface area contributed by atoms with Gasteiger partial charge in [-0.25, -0.2) is 14.3 Å². The van der Waals surface area contributed by atoms with E-state index in [9.17, 15) is 9.59 Å². The van der Waals surface area contributed by atoms with Crippen LogP contribution in [0.2, 0.25) is 5.02 Å². The average molecular weight is 395 g/mol. The molecule has 0 radical (unpaired) electrons. The monoisotopic (exact) mass is 394 g/mol. The van der Waals surface area contributed by atoms with Gasteiger partial charge in [-0.1, -0.05) is 48.0 Å². The van der Waals surface area contributed by atoms with Crippen molar-refractivity contribution in [2.45, 2.75) is 26.4 Å². The smallest absolute Gasteiger partial charge is 0.317 e. The minimum atomic E-state index is -0.431. The number of hydrogen-bond donors (Lipinski definition) is 0. The number of imidazole rings is 1. The Labute approximate surface area is 166 Å². The summed E-state index contributed by atoms with van der Waals surface area (Å²) in [5.41, 5.74) is 1.55. The van der Waals surface area contributed by atoms with E-state index < -0.39 is 5.69 Å². The van der Waals surface area contributed by atoms with Crippen molar-refractivity contribution in [3.8, 4) is 5.69 Å². The molecule has 7 heteroatoms. The second kappa shape index (κ2) is 7.13. The van der Waals surface area contributed by atoms with E-state index in [0.29, 0.717) is 21.9 Å². The summed E-state index contributed by atoms with van der Waals surface area (Å²) in [6.07, 6.45) is 1.62. The fourth-order valence-electron chi connectivity index (χ4n) is 3.46. The highest BCUT2D eigenvalue weighted by Crippen LogP contribution is 2.23. The van der Waals surface area contributed by atoms with Gasteiger partial charge < -0.3 is 4.57 Å². The summed E-state index contributed by atoms with van der Waals surface area (Å²) in [7, 11) is 0. The molecule has 2 aromatic heterocycles. The fourth-order valence-corrected chi connectivity index (χ4v) is 3.64. The summed E-state index contributed by atoms with van der Waals surface area (Å²) in [5.74, 6) is 0. The molecule has 0 aliphatic heterocycles. The molecule has 2 aromatic carbocycles. The summed E-state index contributed by atoms with van der Waals surface area (Å²) < 4.78 is 4.49. The van der Waals surface area contributed by atoms with Crippen LogP contribution in [0.3, 0.4) is 0 Å².